The average Bonchev–Trinajstić information content (AvgIpc) is 2.69. The number of halogens is 1. The molecular weight excluding hydrogens is 386 g/mol. The largest absolute Gasteiger partial charge is 0.340 e. The molecule has 1 unspecified atom stereocenters. The highest BCUT2D eigenvalue weighted by molar-refractivity contribution is 7.89. The lowest BCUT2D eigenvalue weighted by Gasteiger charge is -2.34. The molecule has 27 heavy (non-hydrogen) atoms. The molecule has 2 aromatic rings. The van der Waals surface area contributed by atoms with Gasteiger partial charge in [-0.2, -0.15) is 4.31 Å². The maximum absolute atomic E-state index is 12.6. The van der Waals surface area contributed by atoms with Crippen LogP contribution in [-0.4, -0.2) is 49.7 Å². The quantitative estimate of drug-likeness (QED) is 0.818. The van der Waals surface area contributed by atoms with Crippen molar-refractivity contribution in [3.63, 3.8) is 0 Å². The summed E-state index contributed by atoms with van der Waals surface area (Å²) in [7, 11) is -3.51. The van der Waals surface area contributed by atoms with Crippen LogP contribution in [0.5, 0.6) is 0 Å². The lowest BCUT2D eigenvalue weighted by atomic mass is 10.0. The highest BCUT2D eigenvalue weighted by Crippen LogP contribution is 2.19. The fraction of sp³-hybridized carbons (Fsp3) is 0.316. The smallest absolute Gasteiger partial charge is 0.243 e. The fourth-order valence-corrected chi connectivity index (χ4v) is 4.50. The zero-order chi connectivity index (χ0) is 18.6. The number of rotatable bonds is 5. The van der Waals surface area contributed by atoms with Gasteiger partial charge in [0.1, 0.15) is 0 Å². The highest BCUT2D eigenvalue weighted by Gasteiger charge is 2.30. The van der Waals surface area contributed by atoms with Crippen LogP contribution in [0.2, 0.25) is 0 Å². The Morgan fingerprint density at radius 1 is 0.926 bits per heavy atom. The zero-order valence-corrected chi connectivity index (χ0v) is 16.5. The van der Waals surface area contributed by atoms with Crippen LogP contribution in [0.25, 0.3) is 0 Å². The van der Waals surface area contributed by atoms with Gasteiger partial charge in [0.25, 0.3) is 0 Å². The van der Waals surface area contributed by atoms with Gasteiger partial charge in [-0.3, -0.25) is 4.79 Å². The maximum Gasteiger partial charge on any atom is 0.243 e. The summed E-state index contributed by atoms with van der Waals surface area (Å²) in [6.45, 7) is 1.35. The second-order valence-corrected chi connectivity index (χ2v) is 8.26. The first-order chi connectivity index (χ1) is 12.5. The van der Waals surface area contributed by atoms with Gasteiger partial charge in [0.15, 0.2) is 0 Å². The first-order valence-corrected chi connectivity index (χ1v) is 10.1. The van der Waals surface area contributed by atoms with Gasteiger partial charge in [-0.05, 0) is 17.7 Å². The van der Waals surface area contributed by atoms with Gasteiger partial charge in [-0.25, -0.2) is 8.42 Å². The Morgan fingerprint density at radius 3 is 2.00 bits per heavy atom. The molecule has 3 rings (SSSR count). The van der Waals surface area contributed by atoms with E-state index in [4.69, 9.17) is 5.73 Å². The molecule has 1 aliphatic rings. The molecule has 1 saturated heterocycles. The number of nitrogens with zero attached hydrogens (tertiary/aromatic N) is 2. The van der Waals surface area contributed by atoms with Gasteiger partial charge in [0.05, 0.1) is 4.90 Å². The Kier molecular flexibility index (Phi) is 7.38. The summed E-state index contributed by atoms with van der Waals surface area (Å²) in [5.74, 6) is -0.0434. The number of amides is 1. The molecule has 6 nitrogen and oxygen atoms in total. The maximum atomic E-state index is 12.6. The Bertz CT molecular complexity index is 839. The SMILES string of the molecule is Cl.NC(CC(=O)N1CCN(S(=O)(=O)c2ccccc2)CC1)c1ccccc1. The third-order valence-corrected chi connectivity index (χ3v) is 6.51. The normalized spacial score (nSPS) is 16.4. The topological polar surface area (TPSA) is 83.7 Å². The molecule has 1 heterocycles. The number of hydrogen-bond acceptors (Lipinski definition) is 4. The van der Waals surface area contributed by atoms with E-state index in [1.807, 2.05) is 30.3 Å². The van der Waals surface area contributed by atoms with E-state index < -0.39 is 10.0 Å². The van der Waals surface area contributed by atoms with E-state index in [9.17, 15) is 13.2 Å². The monoisotopic (exact) mass is 409 g/mol. The molecule has 8 heteroatoms. The van der Waals surface area contributed by atoms with Gasteiger partial charge in [-0.15, -0.1) is 12.4 Å². The number of benzene rings is 2. The minimum absolute atomic E-state index is 0. The van der Waals surface area contributed by atoms with Crippen LogP contribution in [0.1, 0.15) is 18.0 Å². The van der Waals surface area contributed by atoms with E-state index in [1.54, 1.807) is 35.2 Å². The number of hydrogen-bond donors (Lipinski definition) is 1. The second-order valence-electron chi connectivity index (χ2n) is 6.32. The summed E-state index contributed by atoms with van der Waals surface area (Å²) >= 11 is 0. The molecule has 146 valence electrons. The first-order valence-electron chi connectivity index (χ1n) is 8.62. The van der Waals surface area contributed by atoms with Crippen LogP contribution in [0.4, 0.5) is 0 Å². The molecule has 2 aromatic carbocycles. The van der Waals surface area contributed by atoms with Crippen LogP contribution in [0.15, 0.2) is 65.6 Å². The third-order valence-electron chi connectivity index (χ3n) is 4.59. The Hall–Kier alpha value is -1.93. The van der Waals surface area contributed by atoms with Crippen molar-refractivity contribution >= 4 is 28.3 Å². The Balaban J connectivity index is 0.00000261. The molecule has 1 fully saturated rings. The van der Waals surface area contributed by atoms with E-state index in [0.29, 0.717) is 26.2 Å². The van der Waals surface area contributed by atoms with Gasteiger partial charge in [-0.1, -0.05) is 48.5 Å². The van der Waals surface area contributed by atoms with Crippen molar-refractivity contribution in [2.24, 2.45) is 5.73 Å². The van der Waals surface area contributed by atoms with Crippen molar-refractivity contribution in [3.05, 3.63) is 66.2 Å². The molecule has 0 bridgehead atoms. The summed E-state index contributed by atoms with van der Waals surface area (Å²) in [4.78, 5) is 14.5. The molecule has 0 radical (unpaired) electrons. The lowest BCUT2D eigenvalue weighted by Crippen LogP contribution is -2.50. The van der Waals surface area contributed by atoms with Crippen molar-refractivity contribution in [1.29, 1.82) is 0 Å². The van der Waals surface area contributed by atoms with Crippen molar-refractivity contribution in [2.75, 3.05) is 26.2 Å². The van der Waals surface area contributed by atoms with Crippen LogP contribution in [0.3, 0.4) is 0 Å². The number of nitrogens with two attached hydrogens (primary N) is 1. The number of piperazine rings is 1. The summed E-state index contributed by atoms with van der Waals surface area (Å²) in [5.41, 5.74) is 7.04. The standard InChI is InChI=1S/C19H23N3O3S.ClH/c20-18(16-7-3-1-4-8-16)15-19(23)21-11-13-22(14-12-21)26(24,25)17-9-5-2-6-10-17;/h1-10,18H,11-15,20H2;1H. The van der Waals surface area contributed by atoms with Crippen molar-refractivity contribution in [2.45, 2.75) is 17.4 Å². The molecule has 0 saturated carbocycles. The van der Waals surface area contributed by atoms with Crippen LogP contribution in [-0.2, 0) is 14.8 Å². The van der Waals surface area contributed by atoms with Crippen LogP contribution >= 0.6 is 12.4 Å². The molecular formula is C19H24ClN3O3S. The molecule has 0 aliphatic carbocycles. The van der Waals surface area contributed by atoms with Gasteiger partial charge < -0.3 is 10.6 Å². The molecule has 2 N–H and O–H groups in total. The van der Waals surface area contributed by atoms with Crippen molar-refractivity contribution in [1.82, 2.24) is 9.21 Å². The second kappa shape index (κ2) is 9.32. The van der Waals surface area contributed by atoms with Gasteiger partial charge in [0, 0.05) is 38.6 Å². The van der Waals surface area contributed by atoms with E-state index in [2.05, 4.69) is 0 Å². The van der Waals surface area contributed by atoms with E-state index in [-0.39, 0.29) is 35.7 Å². The van der Waals surface area contributed by atoms with Crippen molar-refractivity contribution < 1.29 is 13.2 Å². The molecule has 1 aliphatic heterocycles. The number of sulfonamides is 1. The predicted octanol–water partition coefficient (Wildman–Crippen LogP) is 2.03. The minimum atomic E-state index is -3.51. The fourth-order valence-electron chi connectivity index (χ4n) is 3.05. The summed E-state index contributed by atoms with van der Waals surface area (Å²) in [6.07, 6.45) is 0.218. The average molecular weight is 410 g/mol. The lowest BCUT2D eigenvalue weighted by molar-refractivity contribution is -0.132. The number of carbonyl (C=O) groups excluding carboxylic acids is 1. The molecule has 1 atom stereocenters. The number of carbonyl (C=O) groups is 1. The first kappa shape index (κ1) is 21.4. The van der Waals surface area contributed by atoms with E-state index in [0.717, 1.165) is 5.56 Å². The molecule has 0 spiro atoms. The van der Waals surface area contributed by atoms with Gasteiger partial charge >= 0.3 is 0 Å². The summed E-state index contributed by atoms with van der Waals surface area (Å²) < 4.78 is 26.7. The predicted molar refractivity (Wildman–Crippen MR) is 107 cm³/mol. The van der Waals surface area contributed by atoms with Crippen LogP contribution < -0.4 is 5.73 Å². The highest BCUT2D eigenvalue weighted by atomic mass is 35.5. The minimum Gasteiger partial charge on any atom is -0.340 e. The van der Waals surface area contributed by atoms with Crippen molar-refractivity contribution in [3.8, 4) is 0 Å². The third kappa shape index (κ3) is 5.07. The Morgan fingerprint density at radius 2 is 1.44 bits per heavy atom. The summed E-state index contributed by atoms with van der Waals surface area (Å²) in [6, 6.07) is 17.5. The van der Waals surface area contributed by atoms with E-state index in [1.165, 1.54) is 4.31 Å². The zero-order valence-electron chi connectivity index (χ0n) is 14.9. The van der Waals surface area contributed by atoms with Gasteiger partial charge in [0.2, 0.25) is 15.9 Å². The van der Waals surface area contributed by atoms with Crippen LogP contribution in [0, 0.1) is 0 Å². The van der Waals surface area contributed by atoms with E-state index >= 15 is 0 Å². The summed E-state index contributed by atoms with van der Waals surface area (Å²) in [5, 5.41) is 0. The molecule has 1 amide bonds. The Labute approximate surface area is 166 Å². The molecule has 0 aromatic heterocycles.